The van der Waals surface area contributed by atoms with Gasteiger partial charge in [0.05, 0.1) is 6.61 Å². The Morgan fingerprint density at radius 3 is 2.27 bits per heavy atom. The monoisotopic (exact) mass is 413 g/mol. The smallest absolute Gasteiger partial charge is 0.315 e. The van der Waals surface area contributed by atoms with Crippen molar-refractivity contribution < 1.29 is 14.4 Å². The van der Waals surface area contributed by atoms with Gasteiger partial charge in [0.2, 0.25) is 5.91 Å². The van der Waals surface area contributed by atoms with Gasteiger partial charge in [0, 0.05) is 18.5 Å². The van der Waals surface area contributed by atoms with Crippen LogP contribution in [0.15, 0.2) is 30.3 Å². The molecule has 1 aromatic rings. The van der Waals surface area contributed by atoms with Gasteiger partial charge in [-0.2, -0.15) is 0 Å². The maximum atomic E-state index is 12.4. The summed E-state index contributed by atoms with van der Waals surface area (Å²) in [6.45, 7) is 1.03. The first kappa shape index (κ1) is 21.2. The van der Waals surface area contributed by atoms with Crippen LogP contribution in [0.2, 0.25) is 0 Å². The number of unbranched alkanes of at least 4 members (excludes halogenated alkanes) is 2. The van der Waals surface area contributed by atoms with Crippen molar-refractivity contribution in [3.63, 3.8) is 0 Å². The Labute approximate surface area is 179 Å². The summed E-state index contributed by atoms with van der Waals surface area (Å²) in [6, 6.07) is 9.74. The van der Waals surface area contributed by atoms with Gasteiger partial charge < -0.3 is 10.6 Å². The first-order valence-electron chi connectivity index (χ1n) is 11.6. The third kappa shape index (κ3) is 5.75. The molecule has 1 aromatic carbocycles. The summed E-state index contributed by atoms with van der Waals surface area (Å²) in [5.41, 5.74) is 3.58. The van der Waals surface area contributed by atoms with Gasteiger partial charge in [-0.1, -0.05) is 36.8 Å². The number of rotatable bonds is 10. The van der Waals surface area contributed by atoms with Gasteiger partial charge in [-0.3, -0.25) is 9.63 Å². The fraction of sp³-hybridized carbons (Fsp3) is 0.667. The molecule has 30 heavy (non-hydrogen) atoms. The van der Waals surface area contributed by atoms with Crippen molar-refractivity contribution in [2.45, 2.75) is 76.4 Å². The molecule has 0 saturated heterocycles. The second kappa shape index (κ2) is 9.82. The molecule has 3 amide bonds. The van der Waals surface area contributed by atoms with Crippen LogP contribution in [0.5, 0.6) is 0 Å². The molecular formula is C24H35N3O3. The van der Waals surface area contributed by atoms with Crippen molar-refractivity contribution in [2.75, 3.05) is 6.54 Å². The van der Waals surface area contributed by atoms with E-state index in [1.54, 1.807) is 0 Å². The molecular weight excluding hydrogens is 378 g/mol. The van der Waals surface area contributed by atoms with E-state index in [2.05, 4.69) is 16.1 Å². The molecule has 0 radical (unpaired) electrons. The number of hydrogen-bond acceptors (Lipinski definition) is 3. The number of carbonyl (C=O) groups is 2. The molecule has 0 aromatic heterocycles. The van der Waals surface area contributed by atoms with E-state index in [0.717, 1.165) is 42.6 Å². The summed E-state index contributed by atoms with van der Waals surface area (Å²) in [6.07, 6.45) is 10.7. The first-order chi connectivity index (χ1) is 14.6. The lowest BCUT2D eigenvalue weighted by molar-refractivity contribution is -0.134. The van der Waals surface area contributed by atoms with Crippen LogP contribution in [-0.2, 0) is 16.2 Å². The molecule has 6 nitrogen and oxygen atoms in total. The highest BCUT2D eigenvalue weighted by Gasteiger charge is 2.51. The zero-order valence-corrected chi connectivity index (χ0v) is 17.8. The Balaban J connectivity index is 1.03. The number of nitrogens with one attached hydrogen (secondary N) is 3. The Kier molecular flexibility index (Phi) is 6.93. The maximum Gasteiger partial charge on any atom is 0.315 e. The van der Waals surface area contributed by atoms with Crippen molar-refractivity contribution in [1.29, 1.82) is 0 Å². The topological polar surface area (TPSA) is 79.5 Å². The number of urea groups is 1. The minimum Gasteiger partial charge on any atom is -0.338 e. The summed E-state index contributed by atoms with van der Waals surface area (Å²) in [4.78, 5) is 29.5. The number of benzene rings is 1. The fourth-order valence-corrected chi connectivity index (χ4v) is 6.16. The summed E-state index contributed by atoms with van der Waals surface area (Å²) in [5.74, 6) is 2.40. The molecule has 4 aliphatic rings. The summed E-state index contributed by atoms with van der Waals surface area (Å²) >= 11 is 0. The normalized spacial score (nSPS) is 28.9. The van der Waals surface area contributed by atoms with Crippen LogP contribution in [0.3, 0.4) is 0 Å². The molecule has 164 valence electrons. The maximum absolute atomic E-state index is 12.4. The van der Waals surface area contributed by atoms with Gasteiger partial charge in [-0.25, -0.2) is 10.3 Å². The third-order valence-electron chi connectivity index (χ3n) is 7.05. The molecule has 4 aliphatic carbocycles. The average molecular weight is 414 g/mol. The van der Waals surface area contributed by atoms with Gasteiger partial charge in [0.1, 0.15) is 0 Å². The van der Waals surface area contributed by atoms with Crippen molar-refractivity contribution in [3.05, 3.63) is 35.9 Å². The number of carbonyl (C=O) groups excluding carboxylic acids is 2. The number of hydroxylamine groups is 1. The minimum atomic E-state index is -0.0987. The highest BCUT2D eigenvalue weighted by atomic mass is 16.6. The highest BCUT2D eigenvalue weighted by molar-refractivity contribution is 5.75. The molecule has 5 rings (SSSR count). The van der Waals surface area contributed by atoms with Crippen LogP contribution < -0.4 is 16.1 Å². The second-order valence-corrected chi connectivity index (χ2v) is 9.69. The Morgan fingerprint density at radius 2 is 1.60 bits per heavy atom. The van der Waals surface area contributed by atoms with Crippen molar-refractivity contribution in [1.82, 2.24) is 16.1 Å². The average Bonchev–Trinajstić information content (AvgIpc) is 2.70. The zero-order valence-electron chi connectivity index (χ0n) is 17.8. The summed E-state index contributed by atoms with van der Waals surface area (Å²) in [5, 5.41) is 6.36. The molecule has 0 heterocycles. The predicted octanol–water partition coefficient (Wildman–Crippen LogP) is 4.06. The molecule has 4 saturated carbocycles. The van der Waals surface area contributed by atoms with Crippen molar-refractivity contribution >= 4 is 11.9 Å². The molecule has 3 N–H and O–H groups in total. The van der Waals surface area contributed by atoms with Gasteiger partial charge in [0.25, 0.3) is 0 Å². The predicted molar refractivity (Wildman–Crippen MR) is 115 cm³/mol. The lowest BCUT2D eigenvalue weighted by Crippen LogP contribution is -2.61. The molecule has 0 atom stereocenters. The fourth-order valence-electron chi connectivity index (χ4n) is 6.16. The van der Waals surface area contributed by atoms with E-state index >= 15 is 0 Å². The largest absolute Gasteiger partial charge is 0.338 e. The van der Waals surface area contributed by atoms with E-state index in [-0.39, 0.29) is 17.5 Å². The lowest BCUT2D eigenvalue weighted by atomic mass is 9.53. The van der Waals surface area contributed by atoms with E-state index in [1.165, 1.54) is 38.5 Å². The van der Waals surface area contributed by atoms with Crippen molar-refractivity contribution in [3.8, 4) is 0 Å². The Morgan fingerprint density at radius 1 is 0.933 bits per heavy atom. The second-order valence-electron chi connectivity index (χ2n) is 9.69. The van der Waals surface area contributed by atoms with Crippen LogP contribution in [0.25, 0.3) is 0 Å². The van der Waals surface area contributed by atoms with E-state index in [1.807, 2.05) is 30.3 Å². The standard InChI is InChI=1S/C24H35N3O3/c28-22(27-30-17-18-7-3-1-4-8-18)9-5-2-6-10-25-23(29)26-24-14-19-11-20(15-24)13-21(12-19)16-24/h1,3-4,7-8,19-21H,2,5-6,9-17H2,(H,27,28)(H2,25,26,29). The van der Waals surface area contributed by atoms with Crippen LogP contribution in [-0.4, -0.2) is 24.0 Å². The van der Waals surface area contributed by atoms with Crippen LogP contribution in [0, 0.1) is 17.8 Å². The molecule has 0 spiro atoms. The zero-order chi connectivity index (χ0) is 20.8. The molecule has 0 aliphatic heterocycles. The van der Waals surface area contributed by atoms with E-state index in [9.17, 15) is 9.59 Å². The Hall–Kier alpha value is -2.08. The molecule has 6 heteroatoms. The van der Waals surface area contributed by atoms with Crippen LogP contribution in [0.4, 0.5) is 4.79 Å². The Bertz CT molecular complexity index is 686. The van der Waals surface area contributed by atoms with Gasteiger partial charge in [-0.05, 0) is 74.7 Å². The number of hydrogen-bond donors (Lipinski definition) is 3. The first-order valence-corrected chi connectivity index (χ1v) is 11.6. The van der Waals surface area contributed by atoms with E-state index < -0.39 is 0 Å². The van der Waals surface area contributed by atoms with Crippen LogP contribution in [0.1, 0.15) is 69.8 Å². The molecule has 4 fully saturated rings. The molecule has 0 unspecified atom stereocenters. The van der Waals surface area contributed by atoms with Crippen LogP contribution >= 0.6 is 0 Å². The van der Waals surface area contributed by atoms with E-state index in [0.29, 0.717) is 19.6 Å². The summed E-state index contributed by atoms with van der Waals surface area (Å²) < 4.78 is 0. The number of amides is 3. The van der Waals surface area contributed by atoms with Gasteiger partial charge in [-0.15, -0.1) is 0 Å². The molecule has 4 bridgehead atoms. The SMILES string of the molecule is O=C(CCCCCNC(=O)NC12CC3CC(CC(C3)C1)C2)NOCc1ccccc1. The lowest BCUT2D eigenvalue weighted by Gasteiger charge is -2.56. The summed E-state index contributed by atoms with van der Waals surface area (Å²) in [7, 11) is 0. The van der Waals surface area contributed by atoms with E-state index in [4.69, 9.17) is 4.84 Å². The third-order valence-corrected chi connectivity index (χ3v) is 7.05. The quantitative estimate of drug-likeness (QED) is 0.400. The highest BCUT2D eigenvalue weighted by Crippen LogP contribution is 2.55. The van der Waals surface area contributed by atoms with Crippen molar-refractivity contribution in [2.24, 2.45) is 17.8 Å². The van der Waals surface area contributed by atoms with Gasteiger partial charge in [0.15, 0.2) is 0 Å². The minimum absolute atomic E-state index is 0.0102. The van der Waals surface area contributed by atoms with Gasteiger partial charge >= 0.3 is 6.03 Å².